The lowest BCUT2D eigenvalue weighted by Crippen LogP contribution is -2.47. The molecular formula is C22H31IN6O2. The zero-order chi connectivity index (χ0) is 20.9. The van der Waals surface area contributed by atoms with E-state index in [-0.39, 0.29) is 36.0 Å². The maximum Gasteiger partial charge on any atom is 0.226 e. The Hall–Kier alpha value is -2.14. The summed E-state index contributed by atoms with van der Waals surface area (Å²) in [4.78, 5) is 20.7. The topological polar surface area (TPSA) is 75.0 Å². The maximum atomic E-state index is 12.1. The first-order chi connectivity index (χ1) is 14.6. The lowest BCUT2D eigenvalue weighted by atomic mass is 10.1. The first-order valence-corrected chi connectivity index (χ1v) is 10.6. The largest absolute Gasteiger partial charge is 0.370 e. The molecule has 31 heavy (non-hydrogen) atoms. The summed E-state index contributed by atoms with van der Waals surface area (Å²) in [7, 11) is 3.72. The van der Waals surface area contributed by atoms with Crippen LogP contribution in [-0.4, -0.2) is 59.8 Å². The molecule has 0 bridgehead atoms. The van der Waals surface area contributed by atoms with E-state index in [2.05, 4.69) is 32.4 Å². The molecule has 0 spiro atoms. The van der Waals surface area contributed by atoms with E-state index < -0.39 is 0 Å². The molecule has 2 aliphatic rings. The number of ether oxygens (including phenoxy) is 1. The van der Waals surface area contributed by atoms with Crippen molar-refractivity contribution in [3.8, 4) is 0 Å². The Morgan fingerprint density at radius 2 is 2.06 bits per heavy atom. The molecule has 2 fully saturated rings. The summed E-state index contributed by atoms with van der Waals surface area (Å²) in [6, 6.07) is 8.23. The van der Waals surface area contributed by atoms with Crippen molar-refractivity contribution in [2.75, 3.05) is 38.2 Å². The number of halogens is 1. The molecule has 9 heteroatoms. The van der Waals surface area contributed by atoms with Gasteiger partial charge in [-0.05, 0) is 30.5 Å². The number of morpholine rings is 1. The van der Waals surface area contributed by atoms with Gasteiger partial charge in [0.1, 0.15) is 6.10 Å². The van der Waals surface area contributed by atoms with Crippen LogP contribution in [0.3, 0.4) is 0 Å². The Labute approximate surface area is 200 Å². The summed E-state index contributed by atoms with van der Waals surface area (Å²) in [5.74, 6) is 1.09. The van der Waals surface area contributed by atoms with E-state index in [1.807, 2.05) is 43.5 Å². The first-order valence-electron chi connectivity index (χ1n) is 10.6. The molecule has 1 unspecified atom stereocenters. The Bertz CT molecular complexity index is 898. The number of carbonyl (C=O) groups is 1. The monoisotopic (exact) mass is 538 g/mol. The van der Waals surface area contributed by atoms with Gasteiger partial charge in [0.25, 0.3) is 0 Å². The van der Waals surface area contributed by atoms with Crippen LogP contribution in [0.5, 0.6) is 0 Å². The van der Waals surface area contributed by atoms with Crippen LogP contribution >= 0.6 is 24.0 Å². The number of aliphatic imine (C=N–C) groups is 1. The minimum atomic E-state index is -0.00707. The van der Waals surface area contributed by atoms with Crippen LogP contribution in [0.2, 0.25) is 0 Å². The SMILES string of the molecule is CN=C(NCc1ccc(N2CCCCC2=O)cc1)N1CCOC(c2cnn(C)c2)C1.I. The van der Waals surface area contributed by atoms with Gasteiger partial charge in [-0.15, -0.1) is 24.0 Å². The smallest absolute Gasteiger partial charge is 0.226 e. The highest BCUT2D eigenvalue weighted by Gasteiger charge is 2.25. The second-order valence-electron chi connectivity index (χ2n) is 7.82. The van der Waals surface area contributed by atoms with Gasteiger partial charge in [-0.2, -0.15) is 5.10 Å². The number of guanidine groups is 1. The number of nitrogens with zero attached hydrogens (tertiary/aromatic N) is 5. The highest BCUT2D eigenvalue weighted by molar-refractivity contribution is 14.0. The van der Waals surface area contributed by atoms with Crippen LogP contribution in [0.15, 0.2) is 41.7 Å². The van der Waals surface area contributed by atoms with E-state index in [1.54, 1.807) is 4.68 Å². The van der Waals surface area contributed by atoms with Crippen molar-refractivity contribution in [1.82, 2.24) is 20.0 Å². The van der Waals surface area contributed by atoms with Crippen molar-refractivity contribution in [3.05, 3.63) is 47.8 Å². The van der Waals surface area contributed by atoms with Gasteiger partial charge in [-0.3, -0.25) is 14.5 Å². The number of amides is 1. The molecule has 4 rings (SSSR count). The van der Waals surface area contributed by atoms with Gasteiger partial charge in [0.05, 0.1) is 19.3 Å². The second kappa shape index (κ2) is 10.9. The first kappa shape index (κ1) is 23.5. The van der Waals surface area contributed by atoms with Gasteiger partial charge >= 0.3 is 0 Å². The molecule has 8 nitrogen and oxygen atoms in total. The van der Waals surface area contributed by atoms with E-state index >= 15 is 0 Å². The molecule has 1 N–H and O–H groups in total. The van der Waals surface area contributed by atoms with Gasteiger partial charge in [0, 0.05) is 57.6 Å². The average Bonchev–Trinajstić information content (AvgIpc) is 3.22. The minimum absolute atomic E-state index is 0. The number of piperidine rings is 1. The summed E-state index contributed by atoms with van der Waals surface area (Å²) in [5, 5.41) is 7.71. The van der Waals surface area contributed by atoms with Gasteiger partial charge in [0.2, 0.25) is 5.91 Å². The molecule has 1 aromatic carbocycles. The predicted molar refractivity (Wildman–Crippen MR) is 132 cm³/mol. The number of rotatable bonds is 4. The Morgan fingerprint density at radius 1 is 1.26 bits per heavy atom. The van der Waals surface area contributed by atoms with Crippen LogP contribution in [0, 0.1) is 0 Å². The summed E-state index contributed by atoms with van der Waals surface area (Å²) in [5.41, 5.74) is 3.22. The normalized spacial score (nSPS) is 19.9. The van der Waals surface area contributed by atoms with Gasteiger partial charge in [0.15, 0.2) is 5.96 Å². The lowest BCUT2D eigenvalue weighted by Gasteiger charge is -2.34. The molecule has 1 aromatic heterocycles. The number of anilines is 1. The van der Waals surface area contributed by atoms with E-state index in [1.165, 1.54) is 0 Å². The van der Waals surface area contributed by atoms with E-state index in [0.717, 1.165) is 55.2 Å². The van der Waals surface area contributed by atoms with Gasteiger partial charge < -0.3 is 19.9 Å². The Balaban J connectivity index is 0.00000272. The highest BCUT2D eigenvalue weighted by atomic mass is 127. The quantitative estimate of drug-likeness (QED) is 0.368. The molecule has 1 atom stereocenters. The fraction of sp³-hybridized carbons (Fsp3) is 0.500. The van der Waals surface area contributed by atoms with Crippen LogP contribution in [0.1, 0.15) is 36.5 Å². The number of benzene rings is 1. The second-order valence-corrected chi connectivity index (χ2v) is 7.82. The van der Waals surface area contributed by atoms with Crippen LogP contribution < -0.4 is 10.2 Å². The van der Waals surface area contributed by atoms with E-state index in [0.29, 0.717) is 19.6 Å². The number of nitrogens with one attached hydrogen (secondary N) is 1. The summed E-state index contributed by atoms with van der Waals surface area (Å²) in [6.45, 7) is 3.68. The molecule has 0 saturated carbocycles. The zero-order valence-electron chi connectivity index (χ0n) is 18.2. The number of aromatic nitrogens is 2. The molecule has 0 radical (unpaired) electrons. The van der Waals surface area contributed by atoms with E-state index in [9.17, 15) is 4.79 Å². The molecule has 2 aromatic rings. The molecule has 0 aliphatic carbocycles. The third kappa shape index (κ3) is 5.76. The van der Waals surface area contributed by atoms with Crippen LogP contribution in [0.4, 0.5) is 5.69 Å². The third-order valence-corrected chi connectivity index (χ3v) is 5.70. The molecule has 3 heterocycles. The summed E-state index contributed by atoms with van der Waals surface area (Å²) >= 11 is 0. The standard InChI is InChI=1S/C22H30N6O2.HI/c1-23-22(27-11-12-30-20(16-27)18-14-25-26(2)15-18)24-13-17-6-8-19(9-7-17)28-10-4-3-5-21(28)29;/h6-9,14-15,20H,3-5,10-13,16H2,1-2H3,(H,23,24);1H. The van der Waals surface area contributed by atoms with Crippen molar-refractivity contribution >= 4 is 41.5 Å². The number of carbonyl (C=O) groups excluding carboxylic acids is 1. The Morgan fingerprint density at radius 3 is 2.74 bits per heavy atom. The van der Waals surface area contributed by atoms with Crippen molar-refractivity contribution in [1.29, 1.82) is 0 Å². The van der Waals surface area contributed by atoms with E-state index in [4.69, 9.17) is 4.74 Å². The Kier molecular flexibility index (Phi) is 8.30. The highest BCUT2D eigenvalue weighted by Crippen LogP contribution is 2.23. The maximum absolute atomic E-state index is 12.1. The third-order valence-electron chi connectivity index (χ3n) is 5.70. The predicted octanol–water partition coefficient (Wildman–Crippen LogP) is 2.70. The van der Waals surface area contributed by atoms with Crippen molar-refractivity contribution in [2.45, 2.75) is 31.9 Å². The number of hydrogen-bond acceptors (Lipinski definition) is 4. The molecule has 2 aliphatic heterocycles. The fourth-order valence-corrected chi connectivity index (χ4v) is 4.04. The lowest BCUT2D eigenvalue weighted by molar-refractivity contribution is -0.119. The van der Waals surface area contributed by atoms with Crippen molar-refractivity contribution in [2.24, 2.45) is 12.0 Å². The summed E-state index contributed by atoms with van der Waals surface area (Å²) in [6.07, 6.45) is 6.58. The fourth-order valence-electron chi connectivity index (χ4n) is 4.04. The van der Waals surface area contributed by atoms with Crippen molar-refractivity contribution in [3.63, 3.8) is 0 Å². The number of aryl methyl sites for hydroxylation is 1. The summed E-state index contributed by atoms with van der Waals surface area (Å²) < 4.78 is 7.73. The van der Waals surface area contributed by atoms with Crippen LogP contribution in [-0.2, 0) is 23.1 Å². The number of hydrogen-bond donors (Lipinski definition) is 1. The zero-order valence-corrected chi connectivity index (χ0v) is 20.5. The molecule has 2 saturated heterocycles. The van der Waals surface area contributed by atoms with Crippen LogP contribution in [0.25, 0.3) is 0 Å². The van der Waals surface area contributed by atoms with Crippen molar-refractivity contribution < 1.29 is 9.53 Å². The molecule has 1 amide bonds. The molecule has 168 valence electrons. The van der Waals surface area contributed by atoms with Gasteiger partial charge in [-0.1, -0.05) is 12.1 Å². The average molecular weight is 538 g/mol. The minimum Gasteiger partial charge on any atom is -0.370 e. The molecular weight excluding hydrogens is 507 g/mol. The van der Waals surface area contributed by atoms with Gasteiger partial charge in [-0.25, -0.2) is 0 Å².